The summed E-state index contributed by atoms with van der Waals surface area (Å²) < 4.78 is 5.15. The molecule has 0 unspecified atom stereocenters. The molecule has 2 aromatic carbocycles. The Morgan fingerprint density at radius 1 is 1.16 bits per heavy atom. The highest BCUT2D eigenvalue weighted by atomic mass is 16.5. The van der Waals surface area contributed by atoms with Crippen molar-refractivity contribution < 1.29 is 9.53 Å². The lowest BCUT2D eigenvalue weighted by molar-refractivity contribution is -0.121. The number of benzene rings is 2. The van der Waals surface area contributed by atoms with Crippen LogP contribution in [0.3, 0.4) is 0 Å². The highest BCUT2D eigenvalue weighted by Crippen LogP contribution is 2.26. The Bertz CT molecular complexity index is 670. The fourth-order valence-electron chi connectivity index (χ4n) is 3.37. The molecule has 0 spiro atoms. The molecule has 4 nitrogen and oxygen atoms in total. The smallest absolute Gasteiger partial charge is 0.234 e. The summed E-state index contributed by atoms with van der Waals surface area (Å²) >= 11 is 0. The lowest BCUT2D eigenvalue weighted by Crippen LogP contribution is -2.36. The van der Waals surface area contributed by atoms with E-state index in [1.165, 1.54) is 11.1 Å². The van der Waals surface area contributed by atoms with Crippen molar-refractivity contribution in [3.05, 3.63) is 65.7 Å². The zero-order chi connectivity index (χ0) is 17.5. The number of carbonyl (C=O) groups excluding carboxylic acids is 1. The largest absolute Gasteiger partial charge is 0.497 e. The Morgan fingerprint density at radius 3 is 2.64 bits per heavy atom. The van der Waals surface area contributed by atoms with Gasteiger partial charge in [0, 0.05) is 13.1 Å². The van der Waals surface area contributed by atoms with Crippen LogP contribution in [0.1, 0.15) is 23.5 Å². The Morgan fingerprint density at radius 2 is 1.92 bits per heavy atom. The van der Waals surface area contributed by atoms with Crippen molar-refractivity contribution in [2.45, 2.75) is 18.8 Å². The van der Waals surface area contributed by atoms with Gasteiger partial charge < -0.3 is 10.1 Å². The summed E-state index contributed by atoms with van der Waals surface area (Å²) in [4.78, 5) is 14.4. The summed E-state index contributed by atoms with van der Waals surface area (Å²) in [5, 5.41) is 3.03. The average Bonchev–Trinajstić information content (AvgIpc) is 3.11. The van der Waals surface area contributed by atoms with E-state index in [4.69, 9.17) is 4.74 Å². The first-order chi connectivity index (χ1) is 12.2. The molecule has 0 aliphatic carbocycles. The number of nitrogens with zero attached hydrogens (tertiary/aromatic N) is 1. The molecule has 0 saturated carbocycles. The Hall–Kier alpha value is -2.33. The molecule has 3 rings (SSSR count). The number of methoxy groups -OCH3 is 1. The van der Waals surface area contributed by atoms with Crippen LogP contribution in [-0.4, -0.2) is 44.1 Å². The molecule has 1 heterocycles. The van der Waals surface area contributed by atoms with Crippen molar-refractivity contribution in [2.24, 2.45) is 0 Å². The van der Waals surface area contributed by atoms with Gasteiger partial charge in [-0.1, -0.05) is 42.5 Å². The van der Waals surface area contributed by atoms with Gasteiger partial charge in [-0.2, -0.15) is 0 Å². The van der Waals surface area contributed by atoms with Crippen LogP contribution in [0, 0.1) is 0 Å². The van der Waals surface area contributed by atoms with Gasteiger partial charge >= 0.3 is 0 Å². The van der Waals surface area contributed by atoms with Crippen LogP contribution in [0.25, 0.3) is 0 Å². The molecule has 0 radical (unpaired) electrons. The van der Waals surface area contributed by atoms with E-state index in [0.29, 0.717) is 19.0 Å². The van der Waals surface area contributed by atoms with Gasteiger partial charge in [-0.25, -0.2) is 0 Å². The van der Waals surface area contributed by atoms with E-state index < -0.39 is 0 Å². The predicted octanol–water partition coefficient (Wildman–Crippen LogP) is 2.84. The first-order valence-electron chi connectivity index (χ1n) is 8.91. The van der Waals surface area contributed by atoms with Gasteiger partial charge in [-0.15, -0.1) is 0 Å². The maximum absolute atomic E-state index is 12.2. The first kappa shape index (κ1) is 17.5. The maximum Gasteiger partial charge on any atom is 0.234 e. The highest BCUT2D eigenvalue weighted by Gasteiger charge is 2.24. The first-order valence-corrected chi connectivity index (χ1v) is 8.91. The monoisotopic (exact) mass is 338 g/mol. The molecule has 1 saturated heterocycles. The van der Waals surface area contributed by atoms with Gasteiger partial charge in [-0.3, -0.25) is 9.69 Å². The van der Waals surface area contributed by atoms with Crippen LogP contribution < -0.4 is 10.1 Å². The topological polar surface area (TPSA) is 41.6 Å². The van der Waals surface area contributed by atoms with Crippen LogP contribution in [0.4, 0.5) is 0 Å². The lowest BCUT2D eigenvalue weighted by Gasteiger charge is -2.16. The summed E-state index contributed by atoms with van der Waals surface area (Å²) in [6.45, 7) is 3.12. The fourth-order valence-corrected chi connectivity index (χ4v) is 3.37. The fraction of sp³-hybridized carbons (Fsp3) is 0.381. The van der Waals surface area contributed by atoms with E-state index in [-0.39, 0.29) is 5.91 Å². The molecule has 2 aromatic rings. The number of likely N-dealkylation sites (tertiary alicyclic amines) is 1. The summed E-state index contributed by atoms with van der Waals surface area (Å²) in [6.07, 6.45) is 1.96. The zero-order valence-electron chi connectivity index (χ0n) is 14.8. The van der Waals surface area contributed by atoms with Crippen molar-refractivity contribution in [2.75, 3.05) is 33.3 Å². The second-order valence-electron chi connectivity index (χ2n) is 6.58. The highest BCUT2D eigenvalue weighted by molar-refractivity contribution is 5.78. The number of ether oxygens (including phenoxy) is 1. The van der Waals surface area contributed by atoms with E-state index in [0.717, 1.165) is 31.7 Å². The Kier molecular flexibility index (Phi) is 6.07. The minimum absolute atomic E-state index is 0.113. The number of nitrogens with one attached hydrogen (secondary N) is 1. The van der Waals surface area contributed by atoms with E-state index in [1.54, 1.807) is 7.11 Å². The van der Waals surface area contributed by atoms with E-state index in [9.17, 15) is 4.79 Å². The minimum Gasteiger partial charge on any atom is -0.497 e. The molecular formula is C21H26N2O2. The third-order valence-electron chi connectivity index (χ3n) is 4.81. The molecule has 1 amide bonds. The van der Waals surface area contributed by atoms with E-state index in [1.807, 2.05) is 30.3 Å². The molecular weight excluding hydrogens is 312 g/mol. The number of hydrogen-bond acceptors (Lipinski definition) is 3. The molecule has 1 aliphatic rings. The number of hydrogen-bond donors (Lipinski definition) is 1. The summed E-state index contributed by atoms with van der Waals surface area (Å²) in [5.74, 6) is 1.52. The third-order valence-corrected chi connectivity index (χ3v) is 4.81. The second kappa shape index (κ2) is 8.67. The van der Waals surface area contributed by atoms with Crippen LogP contribution >= 0.6 is 0 Å². The summed E-state index contributed by atoms with van der Waals surface area (Å²) in [6, 6.07) is 18.6. The second-order valence-corrected chi connectivity index (χ2v) is 6.58. The molecule has 4 heteroatoms. The van der Waals surface area contributed by atoms with Crippen molar-refractivity contribution in [3.8, 4) is 5.75 Å². The molecule has 132 valence electrons. The van der Waals surface area contributed by atoms with E-state index in [2.05, 4.69) is 34.5 Å². The summed E-state index contributed by atoms with van der Waals surface area (Å²) in [5.41, 5.74) is 2.58. The number of rotatable bonds is 7. The summed E-state index contributed by atoms with van der Waals surface area (Å²) in [7, 11) is 1.66. The minimum atomic E-state index is 0.113. The lowest BCUT2D eigenvalue weighted by atomic mass is 9.99. The van der Waals surface area contributed by atoms with Gasteiger partial charge in [0.15, 0.2) is 0 Å². The maximum atomic E-state index is 12.2. The van der Waals surface area contributed by atoms with Gasteiger partial charge in [0.05, 0.1) is 13.7 Å². The predicted molar refractivity (Wildman–Crippen MR) is 99.9 cm³/mol. The van der Waals surface area contributed by atoms with Gasteiger partial charge in [0.2, 0.25) is 5.91 Å². The molecule has 0 aromatic heterocycles. The number of amides is 1. The van der Waals surface area contributed by atoms with Crippen molar-refractivity contribution in [1.82, 2.24) is 10.2 Å². The van der Waals surface area contributed by atoms with Crippen molar-refractivity contribution in [1.29, 1.82) is 0 Å². The quantitative estimate of drug-likeness (QED) is 0.844. The van der Waals surface area contributed by atoms with Gasteiger partial charge in [0.25, 0.3) is 0 Å². The van der Waals surface area contributed by atoms with Gasteiger partial charge in [-0.05, 0) is 48.6 Å². The standard InChI is InChI=1S/C21H26N2O2/c1-25-20-9-7-17(8-10-20)11-13-22-21(24)16-23-14-12-19(15-23)18-5-3-2-4-6-18/h2-10,19H,11-16H2,1H3,(H,22,24)/t19-/m0/s1. The SMILES string of the molecule is COc1ccc(CCNC(=O)CN2CC[C@H](c3ccccc3)C2)cc1. The van der Waals surface area contributed by atoms with Crippen molar-refractivity contribution >= 4 is 5.91 Å². The molecule has 1 N–H and O–H groups in total. The average molecular weight is 338 g/mol. The molecule has 25 heavy (non-hydrogen) atoms. The Labute approximate surface area is 149 Å². The van der Waals surface area contributed by atoms with Crippen LogP contribution in [-0.2, 0) is 11.2 Å². The van der Waals surface area contributed by atoms with Crippen molar-refractivity contribution in [3.63, 3.8) is 0 Å². The molecule has 1 atom stereocenters. The molecule has 1 aliphatic heterocycles. The molecule has 0 bridgehead atoms. The van der Waals surface area contributed by atoms with Crippen LogP contribution in [0.15, 0.2) is 54.6 Å². The van der Waals surface area contributed by atoms with Crippen LogP contribution in [0.5, 0.6) is 5.75 Å². The normalized spacial score (nSPS) is 17.4. The van der Waals surface area contributed by atoms with Gasteiger partial charge in [0.1, 0.15) is 5.75 Å². The number of carbonyl (C=O) groups is 1. The van der Waals surface area contributed by atoms with E-state index >= 15 is 0 Å². The van der Waals surface area contributed by atoms with Crippen LogP contribution in [0.2, 0.25) is 0 Å². The zero-order valence-corrected chi connectivity index (χ0v) is 14.8. The molecule has 1 fully saturated rings. The third kappa shape index (κ3) is 5.07. The Balaban J connectivity index is 1.38.